The smallest absolute Gasteiger partial charge is 0.321 e. The number of carboxylic acids is 1. The normalized spacial score (nSPS) is 15.9. The Morgan fingerprint density at radius 3 is 2.48 bits per heavy atom. The predicted octanol–water partition coefficient (Wildman–Crippen LogP) is 3.05. The zero-order valence-electron chi connectivity index (χ0n) is 16.5. The van der Waals surface area contributed by atoms with Gasteiger partial charge < -0.3 is 20.2 Å². The lowest BCUT2D eigenvalue weighted by atomic mass is 9.98. The molecule has 0 radical (unpaired) electrons. The molecule has 2 N–H and O–H groups in total. The summed E-state index contributed by atoms with van der Waals surface area (Å²) in [5.41, 5.74) is 2.02. The highest BCUT2D eigenvalue weighted by Crippen LogP contribution is 2.21. The van der Waals surface area contributed by atoms with Crippen LogP contribution in [0.25, 0.3) is 0 Å². The van der Waals surface area contributed by atoms with Crippen LogP contribution in [0.1, 0.15) is 42.6 Å². The van der Waals surface area contributed by atoms with E-state index in [2.05, 4.69) is 12.2 Å². The van der Waals surface area contributed by atoms with Gasteiger partial charge in [-0.1, -0.05) is 13.8 Å². The molecule has 0 aromatic heterocycles. The number of benzene rings is 1. The molecule has 1 aliphatic heterocycles. The molecule has 1 aromatic rings. The molecule has 1 heterocycles. The average Bonchev–Trinajstić information content (AvgIpc) is 2.63. The summed E-state index contributed by atoms with van der Waals surface area (Å²) in [5, 5.41) is 11.7. The van der Waals surface area contributed by atoms with Gasteiger partial charge in [-0.3, -0.25) is 9.59 Å². The van der Waals surface area contributed by atoms with E-state index in [9.17, 15) is 14.4 Å². The molecule has 1 aromatic carbocycles. The number of hydrogen-bond acceptors (Lipinski definition) is 3. The van der Waals surface area contributed by atoms with E-state index in [0.29, 0.717) is 17.2 Å². The van der Waals surface area contributed by atoms with Crippen LogP contribution >= 0.6 is 0 Å². The van der Waals surface area contributed by atoms with Gasteiger partial charge in [-0.25, -0.2) is 4.79 Å². The SMILES string of the molecule is Cc1cc(C(=O)N2CCC(C)CC2)ccc1NC(=O)N(C)CC(C)C(=O)O. The summed E-state index contributed by atoms with van der Waals surface area (Å²) in [4.78, 5) is 39.1. The number of nitrogens with one attached hydrogen (secondary N) is 1. The Hall–Kier alpha value is -2.57. The van der Waals surface area contributed by atoms with E-state index in [4.69, 9.17) is 5.11 Å². The zero-order chi connectivity index (χ0) is 20.1. The van der Waals surface area contributed by atoms with Gasteiger partial charge in [0, 0.05) is 37.9 Å². The Balaban J connectivity index is 2.00. The molecule has 27 heavy (non-hydrogen) atoms. The Morgan fingerprint density at radius 1 is 1.30 bits per heavy atom. The summed E-state index contributed by atoms with van der Waals surface area (Å²) in [5.74, 6) is -0.903. The molecular weight excluding hydrogens is 346 g/mol. The molecule has 148 valence electrons. The number of carbonyl (C=O) groups excluding carboxylic acids is 2. The largest absolute Gasteiger partial charge is 0.481 e. The molecule has 0 aliphatic carbocycles. The standard InChI is InChI=1S/C20H29N3O4/c1-13-7-9-23(10-8-13)18(24)16-5-6-17(14(2)11-16)21-20(27)22(4)12-15(3)19(25)26/h5-6,11,13,15H,7-10,12H2,1-4H3,(H,21,27)(H,25,26). The van der Waals surface area contributed by atoms with E-state index in [1.54, 1.807) is 32.2 Å². The van der Waals surface area contributed by atoms with Crippen LogP contribution in [0.15, 0.2) is 18.2 Å². The molecule has 1 atom stereocenters. The molecule has 1 fully saturated rings. The van der Waals surface area contributed by atoms with Crippen molar-refractivity contribution in [2.24, 2.45) is 11.8 Å². The molecule has 1 unspecified atom stereocenters. The fourth-order valence-electron chi connectivity index (χ4n) is 3.11. The first-order chi connectivity index (χ1) is 12.7. The molecule has 7 nitrogen and oxygen atoms in total. The van der Waals surface area contributed by atoms with Crippen LogP contribution < -0.4 is 5.32 Å². The molecule has 1 aliphatic rings. The van der Waals surface area contributed by atoms with E-state index < -0.39 is 11.9 Å². The summed E-state index contributed by atoms with van der Waals surface area (Å²) in [7, 11) is 1.55. The second-order valence-corrected chi connectivity index (χ2v) is 7.55. The molecule has 0 spiro atoms. The number of amides is 3. The summed E-state index contributed by atoms with van der Waals surface area (Å²) >= 11 is 0. The molecule has 1 saturated heterocycles. The number of rotatable bonds is 5. The third-order valence-electron chi connectivity index (χ3n) is 5.10. The van der Waals surface area contributed by atoms with E-state index in [0.717, 1.165) is 31.5 Å². The van der Waals surface area contributed by atoms with Crippen LogP contribution in [0.3, 0.4) is 0 Å². The third kappa shape index (κ3) is 5.45. The lowest BCUT2D eigenvalue weighted by molar-refractivity contribution is -0.141. The van der Waals surface area contributed by atoms with Crippen molar-refractivity contribution in [1.82, 2.24) is 9.80 Å². The fraction of sp³-hybridized carbons (Fsp3) is 0.550. The van der Waals surface area contributed by atoms with Gasteiger partial charge in [0.05, 0.1) is 5.92 Å². The number of carbonyl (C=O) groups is 3. The minimum Gasteiger partial charge on any atom is -0.481 e. The lowest BCUT2D eigenvalue weighted by Gasteiger charge is -2.30. The van der Waals surface area contributed by atoms with Crippen molar-refractivity contribution in [2.75, 3.05) is 32.0 Å². The molecule has 2 rings (SSSR count). The lowest BCUT2D eigenvalue weighted by Crippen LogP contribution is -2.38. The van der Waals surface area contributed by atoms with Gasteiger partial charge in [0.2, 0.25) is 0 Å². The van der Waals surface area contributed by atoms with Crippen molar-refractivity contribution in [2.45, 2.75) is 33.6 Å². The number of aryl methyl sites for hydroxylation is 1. The van der Waals surface area contributed by atoms with Gasteiger partial charge in [-0.15, -0.1) is 0 Å². The van der Waals surface area contributed by atoms with Crippen LogP contribution in [-0.4, -0.2) is 59.5 Å². The number of anilines is 1. The van der Waals surface area contributed by atoms with Crippen LogP contribution in [-0.2, 0) is 4.79 Å². The van der Waals surface area contributed by atoms with Crippen molar-refractivity contribution in [3.05, 3.63) is 29.3 Å². The maximum absolute atomic E-state index is 12.7. The first-order valence-electron chi connectivity index (χ1n) is 9.34. The van der Waals surface area contributed by atoms with Crippen LogP contribution in [0.5, 0.6) is 0 Å². The molecule has 0 bridgehead atoms. The summed E-state index contributed by atoms with van der Waals surface area (Å²) in [6, 6.07) is 4.86. The highest BCUT2D eigenvalue weighted by Gasteiger charge is 2.22. The molecular formula is C20H29N3O4. The minimum atomic E-state index is -0.944. The van der Waals surface area contributed by atoms with E-state index in [1.807, 2.05) is 11.8 Å². The number of piperidine rings is 1. The number of carboxylic acid groups (broad SMARTS) is 1. The van der Waals surface area contributed by atoms with Crippen LogP contribution in [0, 0.1) is 18.8 Å². The Bertz CT molecular complexity index is 711. The van der Waals surface area contributed by atoms with Gasteiger partial charge >= 0.3 is 12.0 Å². The van der Waals surface area contributed by atoms with Crippen molar-refractivity contribution in [1.29, 1.82) is 0 Å². The van der Waals surface area contributed by atoms with Gasteiger partial charge in [0.25, 0.3) is 5.91 Å². The number of urea groups is 1. The molecule has 7 heteroatoms. The summed E-state index contributed by atoms with van der Waals surface area (Å²) in [6.07, 6.45) is 2.06. The summed E-state index contributed by atoms with van der Waals surface area (Å²) < 4.78 is 0. The highest BCUT2D eigenvalue weighted by atomic mass is 16.4. The Kier molecular flexibility index (Phi) is 6.82. The maximum Gasteiger partial charge on any atom is 0.321 e. The summed E-state index contributed by atoms with van der Waals surface area (Å²) in [6.45, 7) is 7.28. The zero-order valence-corrected chi connectivity index (χ0v) is 16.5. The first-order valence-corrected chi connectivity index (χ1v) is 9.34. The van der Waals surface area contributed by atoms with Crippen molar-refractivity contribution >= 4 is 23.6 Å². The van der Waals surface area contributed by atoms with Crippen LogP contribution in [0.2, 0.25) is 0 Å². The maximum atomic E-state index is 12.7. The second kappa shape index (κ2) is 8.88. The van der Waals surface area contributed by atoms with E-state index >= 15 is 0 Å². The third-order valence-corrected chi connectivity index (χ3v) is 5.10. The highest BCUT2D eigenvalue weighted by molar-refractivity contribution is 5.96. The quantitative estimate of drug-likeness (QED) is 0.828. The van der Waals surface area contributed by atoms with Gasteiger partial charge in [0.1, 0.15) is 0 Å². The number of likely N-dealkylation sites (tertiary alicyclic amines) is 1. The van der Waals surface area contributed by atoms with E-state index in [-0.39, 0.29) is 18.5 Å². The minimum absolute atomic E-state index is 0.0234. The number of nitrogens with zero attached hydrogens (tertiary/aromatic N) is 2. The fourth-order valence-corrected chi connectivity index (χ4v) is 3.11. The topological polar surface area (TPSA) is 90.0 Å². The molecule has 3 amide bonds. The Labute approximate surface area is 160 Å². The van der Waals surface area contributed by atoms with Crippen molar-refractivity contribution < 1.29 is 19.5 Å². The predicted molar refractivity (Wildman–Crippen MR) is 104 cm³/mol. The Morgan fingerprint density at radius 2 is 1.93 bits per heavy atom. The monoisotopic (exact) mass is 375 g/mol. The average molecular weight is 375 g/mol. The van der Waals surface area contributed by atoms with Gasteiger partial charge in [-0.2, -0.15) is 0 Å². The number of aliphatic carboxylic acids is 1. The second-order valence-electron chi connectivity index (χ2n) is 7.55. The molecule has 0 saturated carbocycles. The van der Waals surface area contributed by atoms with Gasteiger partial charge in [0.15, 0.2) is 0 Å². The number of hydrogen-bond donors (Lipinski definition) is 2. The van der Waals surface area contributed by atoms with Crippen molar-refractivity contribution in [3.63, 3.8) is 0 Å². The van der Waals surface area contributed by atoms with Gasteiger partial charge in [-0.05, 0) is 49.4 Å². The van der Waals surface area contributed by atoms with Crippen molar-refractivity contribution in [3.8, 4) is 0 Å². The van der Waals surface area contributed by atoms with E-state index in [1.165, 1.54) is 4.90 Å². The van der Waals surface area contributed by atoms with Crippen LogP contribution in [0.4, 0.5) is 10.5 Å². The first kappa shape index (κ1) is 20.7.